The monoisotopic (exact) mass is 382 g/mol. The highest BCUT2D eigenvalue weighted by molar-refractivity contribution is 5.91. The summed E-state index contributed by atoms with van der Waals surface area (Å²) in [6.45, 7) is 1.02. The summed E-state index contributed by atoms with van der Waals surface area (Å²) < 4.78 is 78.3. The molecule has 6 N–H and O–H groups in total. The molecule has 0 aliphatic rings. The van der Waals surface area contributed by atoms with E-state index in [2.05, 4.69) is 0 Å². The Balaban J connectivity index is 2.74. The van der Waals surface area contributed by atoms with Gasteiger partial charge in [-0.25, -0.2) is 0 Å². The Hall–Kier alpha value is -2.20. The molecule has 26 heavy (non-hydrogen) atoms. The van der Waals surface area contributed by atoms with E-state index in [0.717, 1.165) is 24.3 Å². The molecule has 0 aliphatic heterocycles. The van der Waals surface area contributed by atoms with Crippen molar-refractivity contribution in [1.29, 1.82) is 0 Å². The topological polar surface area (TPSA) is 92.5 Å². The van der Waals surface area contributed by atoms with Gasteiger partial charge >= 0.3 is 12.4 Å². The molecular weight excluding hydrogens is 366 g/mol. The number of anilines is 2. The Morgan fingerprint density at radius 3 is 1.15 bits per heavy atom. The molecular formula is C16H16F6N2O2. The zero-order valence-corrected chi connectivity index (χ0v) is 13.6. The zero-order valence-electron chi connectivity index (χ0n) is 13.6. The summed E-state index contributed by atoms with van der Waals surface area (Å²) in [6, 6.07) is 3.78. The average Bonchev–Trinajstić information content (AvgIpc) is 2.43. The van der Waals surface area contributed by atoms with Crippen LogP contribution in [0.5, 0.6) is 0 Å². The van der Waals surface area contributed by atoms with E-state index in [1.807, 2.05) is 0 Å². The van der Waals surface area contributed by atoms with Crippen molar-refractivity contribution in [2.24, 2.45) is 0 Å². The fourth-order valence-corrected chi connectivity index (χ4v) is 2.53. The maximum atomic E-state index is 13.0. The number of rotatable bonds is 2. The molecule has 144 valence electrons. The normalized spacial score (nSPS) is 17.8. The van der Waals surface area contributed by atoms with Crippen LogP contribution in [0, 0.1) is 0 Å². The van der Waals surface area contributed by atoms with Crippen molar-refractivity contribution in [3.63, 3.8) is 0 Å². The largest absolute Gasteiger partial charge is 0.421 e. The maximum Gasteiger partial charge on any atom is 0.421 e. The smallest absolute Gasteiger partial charge is 0.398 e. The first-order valence-corrected chi connectivity index (χ1v) is 7.22. The second kappa shape index (κ2) is 5.65. The summed E-state index contributed by atoms with van der Waals surface area (Å²) in [5, 5.41) is 19.6. The lowest BCUT2D eigenvalue weighted by molar-refractivity contribution is -0.258. The number of nitrogens with two attached hydrogens (primary N) is 2. The Morgan fingerprint density at radius 1 is 0.654 bits per heavy atom. The van der Waals surface area contributed by atoms with Crippen molar-refractivity contribution >= 4 is 22.1 Å². The molecule has 0 radical (unpaired) electrons. The van der Waals surface area contributed by atoms with Gasteiger partial charge in [-0.2, -0.15) is 26.3 Å². The van der Waals surface area contributed by atoms with Crippen LogP contribution in [0.15, 0.2) is 24.3 Å². The van der Waals surface area contributed by atoms with Crippen LogP contribution < -0.4 is 11.5 Å². The van der Waals surface area contributed by atoms with Gasteiger partial charge in [-0.3, -0.25) is 0 Å². The number of alkyl halides is 6. The van der Waals surface area contributed by atoms with E-state index in [4.69, 9.17) is 11.5 Å². The highest BCUT2D eigenvalue weighted by Gasteiger charge is 2.53. The second-order valence-corrected chi connectivity index (χ2v) is 6.37. The standard InChI is InChI=1S/C16H16F6N2O2/c1-13(25,15(17,18)19)9-3-7-6-12(24)10(4-8(7)5-11(9)23)14(2,26)16(20,21)22/h3-6,25-26H,23-24H2,1-2H3. The highest BCUT2D eigenvalue weighted by atomic mass is 19.4. The number of fused-ring (bicyclic) bond motifs is 1. The predicted octanol–water partition coefficient (Wildman–Crippen LogP) is 3.54. The molecule has 0 amide bonds. The summed E-state index contributed by atoms with van der Waals surface area (Å²) in [5.74, 6) is 0. The van der Waals surface area contributed by atoms with Crippen molar-refractivity contribution in [2.45, 2.75) is 37.4 Å². The first kappa shape index (κ1) is 20.1. The lowest BCUT2D eigenvalue weighted by atomic mass is 9.88. The van der Waals surface area contributed by atoms with Gasteiger partial charge in [0.2, 0.25) is 0 Å². The lowest BCUT2D eigenvalue weighted by Crippen LogP contribution is -2.40. The van der Waals surface area contributed by atoms with E-state index >= 15 is 0 Å². The molecule has 0 aliphatic carbocycles. The van der Waals surface area contributed by atoms with Gasteiger partial charge < -0.3 is 21.7 Å². The molecule has 0 heterocycles. The van der Waals surface area contributed by atoms with Crippen molar-refractivity contribution in [3.05, 3.63) is 35.4 Å². The molecule has 0 saturated heterocycles. The van der Waals surface area contributed by atoms with Gasteiger partial charge in [-0.05, 0) is 48.9 Å². The lowest BCUT2D eigenvalue weighted by Gasteiger charge is -2.30. The second-order valence-electron chi connectivity index (χ2n) is 6.37. The van der Waals surface area contributed by atoms with Crippen molar-refractivity contribution in [2.75, 3.05) is 11.5 Å². The van der Waals surface area contributed by atoms with Crippen molar-refractivity contribution in [3.8, 4) is 0 Å². The Morgan fingerprint density at radius 2 is 0.923 bits per heavy atom. The summed E-state index contributed by atoms with van der Waals surface area (Å²) in [5.41, 5.74) is 2.36. The molecule has 4 nitrogen and oxygen atoms in total. The van der Waals surface area contributed by atoms with E-state index in [1.165, 1.54) is 0 Å². The molecule has 0 spiro atoms. The molecule has 2 unspecified atom stereocenters. The maximum absolute atomic E-state index is 13.0. The van der Waals surface area contributed by atoms with Crippen LogP contribution >= 0.6 is 0 Å². The van der Waals surface area contributed by atoms with Gasteiger partial charge in [0.05, 0.1) is 0 Å². The number of aliphatic hydroxyl groups is 2. The summed E-state index contributed by atoms with van der Waals surface area (Å²) in [7, 11) is 0. The Bertz CT molecular complexity index is 785. The molecule has 0 saturated carbocycles. The minimum atomic E-state index is -5.03. The fourth-order valence-electron chi connectivity index (χ4n) is 2.53. The SMILES string of the molecule is CC(O)(c1cc2cc(N)c(C(C)(O)C(F)(F)F)cc2cc1N)C(F)(F)F. The van der Waals surface area contributed by atoms with Crippen LogP contribution in [0.1, 0.15) is 25.0 Å². The van der Waals surface area contributed by atoms with Crippen molar-refractivity contribution in [1.82, 2.24) is 0 Å². The predicted molar refractivity (Wildman–Crippen MR) is 84.0 cm³/mol. The van der Waals surface area contributed by atoms with Gasteiger partial charge in [0.1, 0.15) is 0 Å². The quantitative estimate of drug-likeness (QED) is 0.472. The summed E-state index contributed by atoms with van der Waals surface area (Å²) in [4.78, 5) is 0. The van der Waals surface area contributed by atoms with Gasteiger partial charge in [0, 0.05) is 22.5 Å². The minimum Gasteiger partial charge on any atom is -0.398 e. The van der Waals surface area contributed by atoms with Crippen LogP contribution in [0.2, 0.25) is 0 Å². The van der Waals surface area contributed by atoms with Crippen molar-refractivity contribution < 1.29 is 36.6 Å². The Labute approximate surface area is 144 Å². The number of hydrogen-bond acceptors (Lipinski definition) is 4. The van der Waals surface area contributed by atoms with Crippen LogP contribution in [-0.2, 0) is 11.2 Å². The van der Waals surface area contributed by atoms with Gasteiger partial charge in [-0.15, -0.1) is 0 Å². The van der Waals surface area contributed by atoms with E-state index in [1.54, 1.807) is 0 Å². The van der Waals surface area contributed by atoms with Crippen LogP contribution in [-0.4, -0.2) is 22.6 Å². The summed E-state index contributed by atoms with van der Waals surface area (Å²) >= 11 is 0. The number of hydrogen-bond donors (Lipinski definition) is 4. The molecule has 2 aromatic rings. The molecule has 0 fully saturated rings. The van der Waals surface area contributed by atoms with E-state index in [9.17, 15) is 36.6 Å². The zero-order chi connectivity index (χ0) is 20.3. The first-order valence-electron chi connectivity index (χ1n) is 7.22. The fraction of sp³-hybridized carbons (Fsp3) is 0.375. The third-order valence-electron chi connectivity index (χ3n) is 4.33. The molecule has 2 aromatic carbocycles. The van der Waals surface area contributed by atoms with Crippen LogP contribution in [0.25, 0.3) is 10.8 Å². The average molecular weight is 382 g/mol. The third kappa shape index (κ3) is 3.03. The van der Waals surface area contributed by atoms with E-state index in [-0.39, 0.29) is 10.8 Å². The van der Waals surface area contributed by atoms with Gasteiger partial charge in [-0.1, -0.05) is 0 Å². The van der Waals surface area contributed by atoms with E-state index < -0.39 is 46.1 Å². The van der Waals surface area contributed by atoms with E-state index in [0.29, 0.717) is 13.8 Å². The molecule has 0 aromatic heterocycles. The first-order chi connectivity index (χ1) is 11.5. The molecule has 2 rings (SSSR count). The molecule has 2 atom stereocenters. The molecule has 10 heteroatoms. The summed E-state index contributed by atoms with van der Waals surface area (Å²) in [6.07, 6.45) is -10.1. The van der Waals surface area contributed by atoms with Crippen LogP contribution in [0.3, 0.4) is 0 Å². The third-order valence-corrected chi connectivity index (χ3v) is 4.33. The highest BCUT2D eigenvalue weighted by Crippen LogP contribution is 2.45. The number of benzene rings is 2. The van der Waals surface area contributed by atoms with Crippen LogP contribution in [0.4, 0.5) is 37.7 Å². The number of nitrogen functional groups attached to an aromatic ring is 2. The van der Waals surface area contributed by atoms with Gasteiger partial charge in [0.25, 0.3) is 0 Å². The minimum absolute atomic E-state index is 0.0259. The van der Waals surface area contributed by atoms with Gasteiger partial charge in [0.15, 0.2) is 11.2 Å². The Kier molecular flexibility index (Phi) is 4.37. The number of halogens is 6. The molecule has 0 bridgehead atoms.